The number of carboxylic acid groups (broad SMARTS) is 1. The molecule has 0 aromatic heterocycles. The highest BCUT2D eigenvalue weighted by Crippen LogP contribution is 2.24. The second-order valence-corrected chi connectivity index (χ2v) is 6.34. The second kappa shape index (κ2) is 5.58. The number of ether oxygens (including phenoxy) is 1. The molecule has 19 heavy (non-hydrogen) atoms. The molecule has 1 aliphatic rings. The highest BCUT2D eigenvalue weighted by atomic mass is 32.2. The summed E-state index contributed by atoms with van der Waals surface area (Å²) >= 11 is 0. The Bertz CT molecular complexity index is 569. The van der Waals surface area contributed by atoms with Crippen molar-refractivity contribution in [1.29, 1.82) is 0 Å². The van der Waals surface area contributed by atoms with E-state index < -0.39 is 16.0 Å². The fourth-order valence-electron chi connectivity index (χ4n) is 1.88. The van der Waals surface area contributed by atoms with Gasteiger partial charge in [0.2, 0.25) is 10.0 Å². The van der Waals surface area contributed by atoms with Crippen LogP contribution in [0.15, 0.2) is 24.3 Å². The number of benzene rings is 1. The van der Waals surface area contributed by atoms with Gasteiger partial charge in [-0.2, -0.15) is 4.31 Å². The average Bonchev–Trinajstić information content (AvgIpc) is 2.59. The molecule has 1 N–H and O–H groups in total. The van der Waals surface area contributed by atoms with Crippen LogP contribution in [0.2, 0.25) is 0 Å². The van der Waals surface area contributed by atoms with Crippen LogP contribution in [0, 0.1) is 0 Å². The summed E-state index contributed by atoms with van der Waals surface area (Å²) in [5.74, 6) is -0.821. The molecular weight excluding hydrogens is 270 g/mol. The van der Waals surface area contributed by atoms with Gasteiger partial charge < -0.3 is 9.84 Å². The Morgan fingerprint density at radius 3 is 2.84 bits per heavy atom. The highest BCUT2D eigenvalue weighted by molar-refractivity contribution is 7.89. The van der Waals surface area contributed by atoms with Crippen molar-refractivity contribution >= 4 is 16.0 Å². The zero-order chi connectivity index (χ0) is 13.9. The summed E-state index contributed by atoms with van der Waals surface area (Å²) in [4.78, 5) is 10.5. The molecule has 0 amide bonds. The zero-order valence-electron chi connectivity index (χ0n) is 10.3. The van der Waals surface area contributed by atoms with E-state index in [1.807, 2.05) is 12.1 Å². The van der Waals surface area contributed by atoms with E-state index in [0.717, 1.165) is 5.56 Å². The van der Waals surface area contributed by atoms with Crippen molar-refractivity contribution < 1.29 is 23.1 Å². The van der Waals surface area contributed by atoms with Gasteiger partial charge in [0.25, 0.3) is 0 Å². The molecule has 6 nitrogen and oxygen atoms in total. The van der Waals surface area contributed by atoms with Gasteiger partial charge >= 0.3 is 5.97 Å². The summed E-state index contributed by atoms with van der Waals surface area (Å²) in [6.07, 6.45) is -0.388. The molecule has 1 aromatic carbocycles. The fraction of sp³-hybridized carbons (Fsp3) is 0.417. The average molecular weight is 285 g/mol. The van der Waals surface area contributed by atoms with Crippen molar-refractivity contribution in [3.63, 3.8) is 0 Å². The third-order valence-corrected chi connectivity index (χ3v) is 4.70. The Morgan fingerprint density at radius 2 is 2.11 bits per heavy atom. The SMILES string of the molecule is O=C(O)CCS(=O)(=O)N1CCOc2ccccc2C1. The summed E-state index contributed by atoms with van der Waals surface area (Å²) in [5.41, 5.74) is 0.791. The van der Waals surface area contributed by atoms with Gasteiger partial charge in [-0.15, -0.1) is 0 Å². The van der Waals surface area contributed by atoms with Gasteiger partial charge in [0.1, 0.15) is 12.4 Å². The number of carbonyl (C=O) groups is 1. The van der Waals surface area contributed by atoms with E-state index in [4.69, 9.17) is 9.84 Å². The number of hydrogen-bond acceptors (Lipinski definition) is 4. The third-order valence-electron chi connectivity index (χ3n) is 2.88. The van der Waals surface area contributed by atoms with Gasteiger partial charge in [0.15, 0.2) is 0 Å². The van der Waals surface area contributed by atoms with Crippen LogP contribution >= 0.6 is 0 Å². The summed E-state index contributed by atoms with van der Waals surface area (Å²) in [5, 5.41) is 8.58. The van der Waals surface area contributed by atoms with Crippen LogP contribution in [0.5, 0.6) is 5.75 Å². The maximum absolute atomic E-state index is 12.1. The van der Waals surface area contributed by atoms with E-state index >= 15 is 0 Å². The van der Waals surface area contributed by atoms with Crippen molar-refractivity contribution in [2.24, 2.45) is 0 Å². The third kappa shape index (κ3) is 3.45. The van der Waals surface area contributed by atoms with Gasteiger partial charge in [-0.3, -0.25) is 4.79 Å². The van der Waals surface area contributed by atoms with Crippen molar-refractivity contribution in [2.75, 3.05) is 18.9 Å². The van der Waals surface area contributed by atoms with E-state index in [-0.39, 0.29) is 31.9 Å². The number of para-hydroxylation sites is 1. The zero-order valence-corrected chi connectivity index (χ0v) is 11.1. The van der Waals surface area contributed by atoms with Crippen molar-refractivity contribution in [1.82, 2.24) is 4.31 Å². The lowest BCUT2D eigenvalue weighted by atomic mass is 10.2. The second-order valence-electron chi connectivity index (χ2n) is 4.25. The first-order chi connectivity index (χ1) is 8.99. The lowest BCUT2D eigenvalue weighted by Crippen LogP contribution is -2.34. The molecule has 1 heterocycles. The van der Waals surface area contributed by atoms with Crippen molar-refractivity contribution in [3.05, 3.63) is 29.8 Å². The minimum Gasteiger partial charge on any atom is -0.492 e. The predicted molar refractivity (Wildman–Crippen MR) is 68.4 cm³/mol. The van der Waals surface area contributed by atoms with Crippen LogP contribution in [0.4, 0.5) is 0 Å². The first kappa shape index (κ1) is 13.8. The monoisotopic (exact) mass is 285 g/mol. The standard InChI is InChI=1S/C12H15NO5S/c14-12(15)5-8-19(16,17)13-6-7-18-11-4-2-1-3-10(11)9-13/h1-4H,5-9H2,(H,14,15). The molecule has 1 aliphatic heterocycles. The smallest absolute Gasteiger partial charge is 0.304 e. The molecule has 0 unspecified atom stereocenters. The van der Waals surface area contributed by atoms with Crippen LogP contribution < -0.4 is 4.74 Å². The van der Waals surface area contributed by atoms with Crippen LogP contribution in [-0.2, 0) is 21.4 Å². The van der Waals surface area contributed by atoms with Crippen LogP contribution in [0.1, 0.15) is 12.0 Å². The molecule has 0 saturated heterocycles. The minimum absolute atomic E-state index is 0.220. The molecule has 104 valence electrons. The van der Waals surface area contributed by atoms with Gasteiger partial charge in [-0.1, -0.05) is 18.2 Å². The highest BCUT2D eigenvalue weighted by Gasteiger charge is 2.26. The molecule has 0 bridgehead atoms. The lowest BCUT2D eigenvalue weighted by molar-refractivity contribution is -0.136. The van der Waals surface area contributed by atoms with Gasteiger partial charge in [-0.05, 0) is 6.07 Å². The number of hydrogen-bond donors (Lipinski definition) is 1. The summed E-state index contributed by atoms with van der Waals surface area (Å²) in [7, 11) is -3.57. The van der Waals surface area contributed by atoms with E-state index in [1.54, 1.807) is 12.1 Å². The topological polar surface area (TPSA) is 83.9 Å². The van der Waals surface area contributed by atoms with Crippen LogP contribution in [0.25, 0.3) is 0 Å². The largest absolute Gasteiger partial charge is 0.492 e. The Labute approximate surface area is 111 Å². The maximum atomic E-state index is 12.1. The molecule has 0 atom stereocenters. The van der Waals surface area contributed by atoms with E-state index in [9.17, 15) is 13.2 Å². The number of carboxylic acids is 1. The minimum atomic E-state index is -3.57. The molecule has 7 heteroatoms. The van der Waals surface area contributed by atoms with E-state index in [2.05, 4.69) is 0 Å². The number of sulfonamides is 1. The first-order valence-corrected chi connectivity index (χ1v) is 7.50. The Hall–Kier alpha value is -1.60. The van der Waals surface area contributed by atoms with Crippen molar-refractivity contribution in [2.45, 2.75) is 13.0 Å². The van der Waals surface area contributed by atoms with E-state index in [0.29, 0.717) is 5.75 Å². The van der Waals surface area contributed by atoms with Gasteiger partial charge in [0, 0.05) is 18.7 Å². The van der Waals surface area contributed by atoms with Crippen LogP contribution in [-0.4, -0.2) is 42.7 Å². The molecular formula is C12H15NO5S. The molecule has 0 radical (unpaired) electrons. The molecule has 0 spiro atoms. The summed E-state index contributed by atoms with van der Waals surface area (Å²) in [6, 6.07) is 7.24. The summed E-state index contributed by atoms with van der Waals surface area (Å²) < 4.78 is 30.9. The fourth-order valence-corrected chi connectivity index (χ4v) is 3.26. The number of fused-ring (bicyclic) bond motifs is 1. The van der Waals surface area contributed by atoms with Crippen molar-refractivity contribution in [3.8, 4) is 5.75 Å². The number of aliphatic carboxylic acids is 1. The Balaban J connectivity index is 2.16. The number of rotatable bonds is 4. The molecule has 2 rings (SSSR count). The Morgan fingerprint density at radius 1 is 1.37 bits per heavy atom. The maximum Gasteiger partial charge on any atom is 0.304 e. The summed E-state index contributed by atoms with van der Waals surface area (Å²) in [6.45, 7) is 0.720. The first-order valence-electron chi connectivity index (χ1n) is 5.89. The molecule has 0 saturated carbocycles. The molecule has 0 aliphatic carbocycles. The molecule has 1 aromatic rings. The van der Waals surface area contributed by atoms with Crippen LogP contribution in [0.3, 0.4) is 0 Å². The normalized spacial score (nSPS) is 16.2. The van der Waals surface area contributed by atoms with Gasteiger partial charge in [0.05, 0.1) is 12.2 Å². The van der Waals surface area contributed by atoms with E-state index in [1.165, 1.54) is 4.31 Å². The Kier molecular flexibility index (Phi) is 4.06. The quantitative estimate of drug-likeness (QED) is 0.879. The predicted octanol–water partition coefficient (Wildman–Crippen LogP) is 0.685. The molecule has 0 fully saturated rings. The lowest BCUT2D eigenvalue weighted by Gasteiger charge is -2.18. The van der Waals surface area contributed by atoms with Gasteiger partial charge in [-0.25, -0.2) is 8.42 Å². The number of nitrogens with zero attached hydrogens (tertiary/aromatic N) is 1.